The quantitative estimate of drug-likeness (QED) is 0.488. The van der Waals surface area contributed by atoms with Crippen LogP contribution >= 0.6 is 11.3 Å². The number of H-pyrrole nitrogens is 1. The van der Waals surface area contributed by atoms with Crippen molar-refractivity contribution >= 4 is 29.4 Å². The third kappa shape index (κ3) is 4.47. The maximum Gasteiger partial charge on any atom is 0.283 e. The number of amides is 1. The van der Waals surface area contributed by atoms with Gasteiger partial charge in [-0.05, 0) is 23.8 Å². The summed E-state index contributed by atoms with van der Waals surface area (Å²) in [5.74, 6) is 1.10. The summed E-state index contributed by atoms with van der Waals surface area (Å²) in [6, 6.07) is 3.35. The molecule has 0 radical (unpaired) electrons. The summed E-state index contributed by atoms with van der Waals surface area (Å²) < 4.78 is 23.2. The molecule has 3 aliphatic heterocycles. The predicted octanol–water partition coefficient (Wildman–Crippen LogP) is -0.967. The van der Waals surface area contributed by atoms with E-state index in [0.29, 0.717) is 53.8 Å². The summed E-state index contributed by atoms with van der Waals surface area (Å²) in [7, 11) is 4.49. The van der Waals surface area contributed by atoms with Gasteiger partial charge in [0.15, 0.2) is 17.0 Å². The number of hydrogen-bond donors (Lipinski definition) is 2. The second-order valence-corrected chi connectivity index (χ2v) is 8.07. The number of hydrogen-bond acceptors (Lipinski definition) is 9. The van der Waals surface area contributed by atoms with E-state index < -0.39 is 5.56 Å². The number of morpholine rings is 1. The molecule has 1 aromatic rings. The van der Waals surface area contributed by atoms with Crippen molar-refractivity contribution < 1.29 is 23.7 Å². The van der Waals surface area contributed by atoms with Crippen LogP contribution in [-0.4, -0.2) is 73.2 Å². The van der Waals surface area contributed by atoms with Crippen LogP contribution in [0.5, 0.6) is 17.2 Å². The Bertz CT molecular complexity index is 1360. The number of nitrogens with zero attached hydrogens (tertiary/aromatic N) is 3. The number of nitrogens with one attached hydrogen (secondary N) is 2. The molecule has 0 spiro atoms. The molecule has 0 saturated carbocycles. The highest BCUT2D eigenvalue weighted by molar-refractivity contribution is 7.11. The van der Waals surface area contributed by atoms with Gasteiger partial charge in [-0.1, -0.05) is 11.3 Å². The Hall–Kier alpha value is -3.64. The lowest BCUT2D eigenvalue weighted by Gasteiger charge is -2.25. The van der Waals surface area contributed by atoms with Crippen LogP contribution in [0.2, 0.25) is 0 Å². The van der Waals surface area contributed by atoms with Crippen LogP contribution < -0.4 is 35.1 Å². The molecular formula is C21H23N5O6S. The van der Waals surface area contributed by atoms with Crippen LogP contribution in [0.15, 0.2) is 16.9 Å². The largest absolute Gasteiger partial charge is 0.493 e. The first-order chi connectivity index (χ1) is 15.9. The lowest BCUT2D eigenvalue weighted by Crippen LogP contribution is -2.47. The first kappa shape index (κ1) is 22.6. The first-order valence-corrected chi connectivity index (χ1v) is 10.8. The molecule has 4 rings (SSSR count). The summed E-state index contributed by atoms with van der Waals surface area (Å²) in [5, 5.41) is 11.9. The van der Waals surface area contributed by atoms with Gasteiger partial charge in [-0.25, -0.2) is 4.68 Å². The van der Waals surface area contributed by atoms with Gasteiger partial charge in [-0.2, -0.15) is 4.98 Å². The third-order valence-corrected chi connectivity index (χ3v) is 5.98. The summed E-state index contributed by atoms with van der Waals surface area (Å²) in [6.07, 6.45) is 2.97. The van der Waals surface area contributed by atoms with Gasteiger partial charge >= 0.3 is 0 Å². The Morgan fingerprint density at radius 1 is 1.18 bits per heavy atom. The molecule has 0 aromatic heterocycles. The molecule has 1 amide bonds. The normalized spacial score (nSPS) is 15.2. The van der Waals surface area contributed by atoms with Gasteiger partial charge in [0.05, 0.1) is 39.8 Å². The van der Waals surface area contributed by atoms with Gasteiger partial charge in [-0.15, -0.1) is 0 Å². The molecule has 11 nitrogen and oxygen atoms in total. The van der Waals surface area contributed by atoms with Gasteiger partial charge in [-0.3, -0.25) is 20.1 Å². The molecular weight excluding hydrogens is 450 g/mol. The van der Waals surface area contributed by atoms with E-state index in [1.807, 2.05) is 0 Å². The van der Waals surface area contributed by atoms with E-state index in [1.54, 1.807) is 17.0 Å². The van der Waals surface area contributed by atoms with Crippen molar-refractivity contribution in [2.24, 2.45) is 0 Å². The van der Waals surface area contributed by atoms with Crippen molar-refractivity contribution in [2.75, 3.05) is 47.6 Å². The molecule has 0 bridgehead atoms. The SMILES string of the molecule is COc1cc(/C=c2/c(=O)nc3s/c(=C/C(=O)N4CCOCC4)[nH]n-3c2=N)cc(OC)c1OC. The van der Waals surface area contributed by atoms with Crippen molar-refractivity contribution in [1.82, 2.24) is 19.7 Å². The van der Waals surface area contributed by atoms with E-state index in [0.717, 1.165) is 11.3 Å². The summed E-state index contributed by atoms with van der Waals surface area (Å²) >= 11 is 1.12. The maximum atomic E-state index is 12.7. The van der Waals surface area contributed by atoms with Gasteiger partial charge in [0.25, 0.3) is 5.56 Å². The minimum Gasteiger partial charge on any atom is -0.493 e. The Morgan fingerprint density at radius 2 is 1.85 bits per heavy atom. The number of methoxy groups -OCH3 is 3. The van der Waals surface area contributed by atoms with Crippen molar-refractivity contribution in [3.63, 3.8) is 0 Å². The highest BCUT2D eigenvalue weighted by atomic mass is 32.1. The van der Waals surface area contributed by atoms with E-state index in [4.69, 9.17) is 24.4 Å². The second-order valence-electron chi connectivity index (χ2n) is 7.06. The molecule has 174 valence electrons. The Kier molecular flexibility index (Phi) is 6.47. The fraction of sp³-hybridized carbons (Fsp3) is 0.333. The molecule has 1 saturated heterocycles. The molecule has 1 fully saturated rings. The minimum absolute atomic E-state index is 0.0712. The highest BCUT2D eigenvalue weighted by Gasteiger charge is 2.17. The summed E-state index contributed by atoms with van der Waals surface area (Å²) in [6.45, 7) is 2.05. The molecule has 3 aliphatic rings. The topological polar surface area (TPSA) is 132 Å². The maximum absolute atomic E-state index is 12.7. The van der Waals surface area contributed by atoms with Crippen LogP contribution in [-0.2, 0) is 9.53 Å². The smallest absolute Gasteiger partial charge is 0.283 e. The second kappa shape index (κ2) is 9.46. The van der Waals surface area contributed by atoms with Gasteiger partial charge in [0.1, 0.15) is 4.66 Å². The zero-order valence-electron chi connectivity index (χ0n) is 18.3. The molecule has 0 aliphatic carbocycles. The van der Waals surface area contributed by atoms with Crippen LogP contribution in [0.3, 0.4) is 0 Å². The third-order valence-electron chi connectivity index (χ3n) is 5.10. The lowest BCUT2D eigenvalue weighted by atomic mass is 10.1. The summed E-state index contributed by atoms with van der Waals surface area (Å²) in [4.78, 5) is 31.0. The molecule has 0 unspecified atom stereocenters. The Balaban J connectivity index is 1.81. The van der Waals surface area contributed by atoms with Crippen molar-refractivity contribution in [1.29, 1.82) is 5.41 Å². The van der Waals surface area contributed by atoms with E-state index in [9.17, 15) is 9.59 Å². The standard InChI is InChI=1S/C21H23N5O6S/c1-29-14-9-12(10-15(30-2)18(14)31-3)8-13-19(22)26-21(23-20(13)28)33-16(24-26)11-17(27)25-4-6-32-7-5-25/h8-11,22,24H,4-7H2,1-3H3/b13-8+,16-11+,22-19?. The van der Waals surface area contributed by atoms with Crippen LogP contribution in [0.25, 0.3) is 17.3 Å². The molecule has 2 N–H and O–H groups in total. The zero-order chi connectivity index (χ0) is 23.5. The fourth-order valence-electron chi connectivity index (χ4n) is 3.45. The number of aromatic amines is 1. The Morgan fingerprint density at radius 3 is 2.45 bits per heavy atom. The zero-order valence-corrected chi connectivity index (χ0v) is 19.2. The van der Waals surface area contributed by atoms with E-state index in [-0.39, 0.29) is 21.7 Å². The molecule has 12 heteroatoms. The fourth-order valence-corrected chi connectivity index (χ4v) is 4.30. The monoisotopic (exact) mass is 473 g/mol. The van der Waals surface area contributed by atoms with Crippen LogP contribution in [0.1, 0.15) is 5.56 Å². The van der Waals surface area contributed by atoms with Crippen LogP contribution in [0.4, 0.5) is 0 Å². The van der Waals surface area contributed by atoms with Crippen molar-refractivity contribution in [2.45, 2.75) is 0 Å². The molecule has 33 heavy (non-hydrogen) atoms. The minimum atomic E-state index is -0.560. The number of ether oxygens (including phenoxy) is 4. The van der Waals surface area contributed by atoms with Crippen molar-refractivity contribution in [3.8, 4) is 22.4 Å². The average molecular weight is 474 g/mol. The predicted molar refractivity (Wildman–Crippen MR) is 120 cm³/mol. The van der Waals surface area contributed by atoms with Gasteiger partial charge in [0.2, 0.25) is 16.8 Å². The van der Waals surface area contributed by atoms with Gasteiger partial charge < -0.3 is 23.8 Å². The Labute approximate surface area is 191 Å². The summed E-state index contributed by atoms with van der Waals surface area (Å²) in [5.41, 5.74) is -0.0788. The number of aromatic nitrogens is 3. The van der Waals surface area contributed by atoms with E-state index >= 15 is 0 Å². The first-order valence-electron chi connectivity index (χ1n) is 10.0. The van der Waals surface area contributed by atoms with E-state index in [2.05, 4.69) is 10.1 Å². The van der Waals surface area contributed by atoms with E-state index in [1.165, 1.54) is 38.2 Å². The number of fused-ring (bicyclic) bond motifs is 1. The molecule has 1 aromatic carbocycles. The number of carbonyl (C=O) groups excluding carboxylic acids is 1. The lowest BCUT2D eigenvalue weighted by molar-refractivity contribution is -0.128. The number of rotatable bonds is 5. The highest BCUT2D eigenvalue weighted by Crippen LogP contribution is 2.38. The van der Waals surface area contributed by atoms with Crippen LogP contribution in [0, 0.1) is 5.41 Å². The molecule has 0 atom stereocenters. The number of carbonyl (C=O) groups is 1. The van der Waals surface area contributed by atoms with Crippen molar-refractivity contribution in [3.05, 3.63) is 43.4 Å². The average Bonchev–Trinajstić information content (AvgIpc) is 3.23. The molecule has 3 heterocycles. The number of benzene rings is 1. The van der Waals surface area contributed by atoms with Gasteiger partial charge in [0, 0.05) is 19.2 Å².